The van der Waals surface area contributed by atoms with Gasteiger partial charge in [-0.15, -0.1) is 0 Å². The summed E-state index contributed by atoms with van der Waals surface area (Å²) in [6.07, 6.45) is 1.35. The van der Waals surface area contributed by atoms with Crippen LogP contribution in [0.5, 0.6) is 0 Å². The minimum absolute atomic E-state index is 0.330. The maximum absolute atomic E-state index is 9.27. The van der Waals surface area contributed by atoms with Crippen LogP contribution in [0.2, 0.25) is 0 Å². The molecule has 25 heavy (non-hydrogen) atoms. The number of morpholine rings is 1. The van der Waals surface area contributed by atoms with E-state index in [0.717, 1.165) is 5.56 Å². The first-order chi connectivity index (χ1) is 12.3. The number of aromatic nitrogens is 3. The van der Waals surface area contributed by atoms with Crippen molar-refractivity contribution in [1.29, 1.82) is 5.26 Å². The standard InChI is InChI=1S/C18H15N5O2/c19-11-14-7-4-8-20-17(14)23-9-10-24-15(12-23)16-21-18(25-22-16)13-5-2-1-3-6-13/h1-8,15H,9-10,12H2/t15-/m0/s1. The molecule has 2 aromatic heterocycles. The van der Waals surface area contributed by atoms with Gasteiger partial charge in [0.25, 0.3) is 5.89 Å². The number of rotatable bonds is 3. The third-order valence-corrected chi connectivity index (χ3v) is 4.02. The van der Waals surface area contributed by atoms with Crippen molar-refractivity contribution in [2.45, 2.75) is 6.10 Å². The van der Waals surface area contributed by atoms with Crippen LogP contribution in [0.25, 0.3) is 11.5 Å². The molecule has 0 spiro atoms. The van der Waals surface area contributed by atoms with Gasteiger partial charge in [-0.1, -0.05) is 23.4 Å². The molecule has 1 saturated heterocycles. The quantitative estimate of drug-likeness (QED) is 0.728. The molecule has 7 nitrogen and oxygen atoms in total. The number of nitrogens with zero attached hydrogens (tertiary/aromatic N) is 5. The van der Waals surface area contributed by atoms with Crippen LogP contribution in [-0.4, -0.2) is 34.8 Å². The van der Waals surface area contributed by atoms with Crippen molar-refractivity contribution >= 4 is 5.82 Å². The Labute approximate surface area is 144 Å². The highest BCUT2D eigenvalue weighted by Crippen LogP contribution is 2.27. The molecule has 0 radical (unpaired) electrons. The number of hydrogen-bond acceptors (Lipinski definition) is 7. The summed E-state index contributed by atoms with van der Waals surface area (Å²) in [5, 5.41) is 13.3. The fourth-order valence-corrected chi connectivity index (χ4v) is 2.80. The van der Waals surface area contributed by atoms with Gasteiger partial charge in [0.15, 0.2) is 0 Å². The highest BCUT2D eigenvalue weighted by molar-refractivity contribution is 5.54. The Bertz CT molecular complexity index is 903. The predicted molar refractivity (Wildman–Crippen MR) is 89.6 cm³/mol. The monoisotopic (exact) mass is 333 g/mol. The molecule has 0 bridgehead atoms. The Hall–Kier alpha value is -3.24. The topological polar surface area (TPSA) is 88.1 Å². The van der Waals surface area contributed by atoms with E-state index >= 15 is 0 Å². The van der Waals surface area contributed by atoms with Crippen molar-refractivity contribution in [3.63, 3.8) is 0 Å². The number of hydrogen-bond donors (Lipinski definition) is 0. The average molecular weight is 333 g/mol. The zero-order valence-corrected chi connectivity index (χ0v) is 13.4. The Balaban J connectivity index is 1.56. The lowest BCUT2D eigenvalue weighted by Gasteiger charge is -2.32. The molecule has 1 aromatic carbocycles. The van der Waals surface area contributed by atoms with Crippen molar-refractivity contribution in [1.82, 2.24) is 15.1 Å². The fraction of sp³-hybridized carbons (Fsp3) is 0.222. The molecule has 1 atom stereocenters. The Morgan fingerprint density at radius 2 is 2.04 bits per heavy atom. The molecular weight excluding hydrogens is 318 g/mol. The van der Waals surface area contributed by atoms with Gasteiger partial charge >= 0.3 is 0 Å². The first-order valence-electron chi connectivity index (χ1n) is 7.96. The first-order valence-corrected chi connectivity index (χ1v) is 7.96. The maximum Gasteiger partial charge on any atom is 0.258 e. The van der Waals surface area contributed by atoms with E-state index in [1.54, 1.807) is 18.3 Å². The van der Waals surface area contributed by atoms with Crippen molar-refractivity contribution < 1.29 is 9.26 Å². The molecule has 3 aromatic rings. The first kappa shape index (κ1) is 15.3. The zero-order chi connectivity index (χ0) is 17.1. The van der Waals surface area contributed by atoms with Gasteiger partial charge in [0.05, 0.1) is 18.7 Å². The normalized spacial score (nSPS) is 17.2. The van der Waals surface area contributed by atoms with Gasteiger partial charge in [-0.2, -0.15) is 10.2 Å². The number of ether oxygens (including phenoxy) is 1. The molecule has 1 fully saturated rings. The van der Waals surface area contributed by atoms with Gasteiger partial charge in [0.2, 0.25) is 5.82 Å². The number of benzene rings is 1. The molecule has 4 rings (SSSR count). The summed E-state index contributed by atoms with van der Waals surface area (Å²) < 4.78 is 11.2. The summed E-state index contributed by atoms with van der Waals surface area (Å²) in [7, 11) is 0. The Morgan fingerprint density at radius 1 is 1.16 bits per heavy atom. The van der Waals surface area contributed by atoms with Crippen LogP contribution in [-0.2, 0) is 4.74 Å². The second kappa shape index (κ2) is 6.71. The molecule has 0 amide bonds. The highest BCUT2D eigenvalue weighted by Gasteiger charge is 2.28. The lowest BCUT2D eigenvalue weighted by molar-refractivity contribution is 0.0323. The minimum Gasteiger partial charge on any atom is -0.366 e. The molecule has 3 heterocycles. The van der Waals surface area contributed by atoms with Gasteiger partial charge in [-0.3, -0.25) is 0 Å². The van der Waals surface area contributed by atoms with E-state index in [-0.39, 0.29) is 6.10 Å². The number of pyridine rings is 1. The second-order valence-electron chi connectivity index (χ2n) is 5.62. The summed E-state index contributed by atoms with van der Waals surface area (Å²) in [6, 6.07) is 15.3. The van der Waals surface area contributed by atoms with Crippen molar-refractivity contribution in [2.24, 2.45) is 0 Å². The molecule has 0 N–H and O–H groups in total. The van der Waals surface area contributed by atoms with Crippen molar-refractivity contribution in [3.8, 4) is 17.5 Å². The molecule has 1 aliphatic rings. The largest absolute Gasteiger partial charge is 0.366 e. The summed E-state index contributed by atoms with van der Waals surface area (Å²) in [5.74, 6) is 1.62. The molecule has 0 saturated carbocycles. The molecule has 0 aliphatic carbocycles. The predicted octanol–water partition coefficient (Wildman–Crippen LogP) is 2.58. The lowest BCUT2D eigenvalue weighted by Crippen LogP contribution is -2.39. The summed E-state index contributed by atoms with van der Waals surface area (Å²) in [4.78, 5) is 10.8. The average Bonchev–Trinajstić information content (AvgIpc) is 3.19. The Kier molecular flexibility index (Phi) is 4.11. The highest BCUT2D eigenvalue weighted by atomic mass is 16.5. The maximum atomic E-state index is 9.27. The van der Waals surface area contributed by atoms with E-state index in [2.05, 4.69) is 21.2 Å². The van der Waals surface area contributed by atoms with Crippen LogP contribution in [0.3, 0.4) is 0 Å². The van der Waals surface area contributed by atoms with Gasteiger partial charge < -0.3 is 14.2 Å². The van der Waals surface area contributed by atoms with Crippen LogP contribution in [0.4, 0.5) is 5.82 Å². The van der Waals surface area contributed by atoms with Crippen LogP contribution < -0.4 is 4.90 Å². The smallest absolute Gasteiger partial charge is 0.258 e. The van der Waals surface area contributed by atoms with Crippen LogP contribution in [0.15, 0.2) is 53.2 Å². The number of anilines is 1. The fourth-order valence-electron chi connectivity index (χ4n) is 2.80. The van der Waals surface area contributed by atoms with Gasteiger partial charge in [-0.25, -0.2) is 4.98 Å². The van der Waals surface area contributed by atoms with E-state index in [4.69, 9.17) is 9.26 Å². The molecule has 1 aliphatic heterocycles. The van der Waals surface area contributed by atoms with Crippen molar-refractivity contribution in [3.05, 3.63) is 60.0 Å². The van der Waals surface area contributed by atoms with Crippen LogP contribution in [0, 0.1) is 11.3 Å². The second-order valence-corrected chi connectivity index (χ2v) is 5.62. The third-order valence-electron chi connectivity index (χ3n) is 4.02. The molecule has 7 heteroatoms. The van der Waals surface area contributed by atoms with Crippen LogP contribution in [0.1, 0.15) is 17.5 Å². The SMILES string of the molecule is N#Cc1cccnc1N1CCO[C@H](c2noc(-c3ccccc3)n2)C1. The minimum atomic E-state index is -0.330. The molecular formula is C18H15N5O2. The lowest BCUT2D eigenvalue weighted by atomic mass is 10.2. The van der Waals surface area contributed by atoms with E-state index in [9.17, 15) is 5.26 Å². The molecule has 124 valence electrons. The number of nitriles is 1. The van der Waals surface area contributed by atoms with E-state index < -0.39 is 0 Å². The van der Waals surface area contributed by atoms with Crippen molar-refractivity contribution in [2.75, 3.05) is 24.6 Å². The summed E-state index contributed by atoms with van der Waals surface area (Å²) in [5.41, 5.74) is 1.41. The summed E-state index contributed by atoms with van der Waals surface area (Å²) >= 11 is 0. The van der Waals surface area contributed by atoms with Gasteiger partial charge in [0, 0.05) is 18.3 Å². The zero-order valence-electron chi connectivity index (χ0n) is 13.4. The molecule has 0 unspecified atom stereocenters. The van der Waals surface area contributed by atoms with E-state index in [0.29, 0.717) is 42.8 Å². The van der Waals surface area contributed by atoms with E-state index in [1.165, 1.54) is 0 Å². The van der Waals surface area contributed by atoms with Gasteiger partial charge in [-0.05, 0) is 24.3 Å². The van der Waals surface area contributed by atoms with Crippen LogP contribution >= 0.6 is 0 Å². The van der Waals surface area contributed by atoms with Gasteiger partial charge in [0.1, 0.15) is 18.0 Å². The Morgan fingerprint density at radius 3 is 2.88 bits per heavy atom. The van der Waals surface area contributed by atoms with E-state index in [1.807, 2.05) is 35.2 Å². The third kappa shape index (κ3) is 3.07. The summed E-state index contributed by atoms with van der Waals surface area (Å²) in [6.45, 7) is 1.67.